The second-order valence-electron chi connectivity index (χ2n) is 11.4. The zero-order valence-corrected chi connectivity index (χ0v) is 25.1. The number of unbranched alkanes of at least 4 members (excludes halogenated alkanes) is 2. The molecule has 0 unspecified atom stereocenters. The first kappa shape index (κ1) is 32.1. The van der Waals surface area contributed by atoms with E-state index in [-0.39, 0.29) is 30.6 Å². The molecule has 0 radical (unpaired) electrons. The fourth-order valence-electron chi connectivity index (χ4n) is 5.74. The molecule has 9 nitrogen and oxygen atoms in total. The molecule has 3 N–H and O–H groups in total. The molecule has 2 heterocycles. The zero-order chi connectivity index (χ0) is 29.7. The van der Waals surface area contributed by atoms with E-state index in [9.17, 15) is 14.7 Å². The van der Waals surface area contributed by atoms with Crippen LogP contribution in [0.2, 0.25) is 0 Å². The van der Waals surface area contributed by atoms with Crippen LogP contribution in [-0.2, 0) is 37.0 Å². The molecule has 230 valence electrons. The van der Waals surface area contributed by atoms with Crippen molar-refractivity contribution in [1.29, 1.82) is 0 Å². The highest BCUT2D eigenvalue weighted by molar-refractivity contribution is 5.75. The third-order valence-electron chi connectivity index (χ3n) is 8.11. The predicted molar refractivity (Wildman–Crippen MR) is 160 cm³/mol. The average Bonchev–Trinajstić information content (AvgIpc) is 3.44. The number of carbonyl (C=O) groups excluding carboxylic acids is 2. The van der Waals surface area contributed by atoms with Crippen LogP contribution in [0, 0.1) is 0 Å². The molecule has 2 aliphatic rings. The van der Waals surface area contributed by atoms with Crippen molar-refractivity contribution in [1.82, 2.24) is 15.5 Å². The summed E-state index contributed by atoms with van der Waals surface area (Å²) < 4.78 is 18.5. The summed E-state index contributed by atoms with van der Waals surface area (Å²) in [7, 11) is 1.76. The first-order valence-electron chi connectivity index (χ1n) is 15.3. The predicted octanol–water partition coefficient (Wildman–Crippen LogP) is 4.15. The number of nitrogens with zero attached hydrogens (tertiary/aromatic N) is 1. The van der Waals surface area contributed by atoms with E-state index in [1.165, 1.54) is 13.3 Å². The van der Waals surface area contributed by atoms with E-state index in [0.717, 1.165) is 74.1 Å². The summed E-state index contributed by atoms with van der Waals surface area (Å²) in [6.07, 6.45) is 5.50. The molecule has 0 aliphatic carbocycles. The van der Waals surface area contributed by atoms with Gasteiger partial charge in [0.25, 0.3) is 0 Å². The Morgan fingerprint density at radius 3 is 2.43 bits per heavy atom. The van der Waals surface area contributed by atoms with Gasteiger partial charge in [-0.3, -0.25) is 14.5 Å². The Balaban J connectivity index is 1.33. The minimum absolute atomic E-state index is 0.000862. The minimum Gasteiger partial charge on any atom is -0.392 e. The third kappa shape index (κ3) is 9.88. The number of amides is 2. The van der Waals surface area contributed by atoms with Crippen molar-refractivity contribution in [3.63, 3.8) is 0 Å². The van der Waals surface area contributed by atoms with E-state index in [1.807, 2.05) is 48.5 Å². The van der Waals surface area contributed by atoms with E-state index in [2.05, 4.69) is 15.5 Å². The van der Waals surface area contributed by atoms with Crippen LogP contribution in [0.4, 0.5) is 0 Å². The topological polar surface area (TPSA) is 109 Å². The molecule has 42 heavy (non-hydrogen) atoms. The monoisotopic (exact) mass is 581 g/mol. The molecular weight excluding hydrogens is 534 g/mol. The molecule has 2 aromatic rings. The number of hydrogen-bond acceptors (Lipinski definition) is 7. The Hall–Kier alpha value is -2.82. The summed E-state index contributed by atoms with van der Waals surface area (Å²) >= 11 is 0. The van der Waals surface area contributed by atoms with E-state index < -0.39 is 6.29 Å². The lowest BCUT2D eigenvalue weighted by atomic mass is 9.99. The maximum Gasteiger partial charge on any atom is 0.220 e. The highest BCUT2D eigenvalue weighted by Crippen LogP contribution is 2.38. The summed E-state index contributed by atoms with van der Waals surface area (Å²) in [4.78, 5) is 25.7. The van der Waals surface area contributed by atoms with E-state index in [1.54, 1.807) is 7.11 Å². The van der Waals surface area contributed by atoms with Gasteiger partial charge in [-0.2, -0.15) is 0 Å². The Morgan fingerprint density at radius 1 is 0.976 bits per heavy atom. The molecular formula is C33H47N3O6. The van der Waals surface area contributed by atoms with Gasteiger partial charge in [-0.15, -0.1) is 0 Å². The molecule has 2 aromatic carbocycles. The zero-order valence-electron chi connectivity index (χ0n) is 25.1. The van der Waals surface area contributed by atoms with Gasteiger partial charge in [-0.1, -0.05) is 55.0 Å². The maximum absolute atomic E-state index is 12.3. The second-order valence-corrected chi connectivity index (χ2v) is 11.4. The number of nitrogens with one attached hydrogen (secondary N) is 2. The fourth-order valence-corrected chi connectivity index (χ4v) is 5.74. The summed E-state index contributed by atoms with van der Waals surface area (Å²) in [5, 5.41) is 15.2. The number of likely N-dealkylation sites (tertiary alicyclic amines) is 1. The number of hydrogen-bond donors (Lipinski definition) is 3. The van der Waals surface area contributed by atoms with Crippen LogP contribution in [0.3, 0.4) is 0 Å². The Labute approximate surface area is 249 Å². The van der Waals surface area contributed by atoms with Crippen molar-refractivity contribution >= 4 is 11.8 Å². The van der Waals surface area contributed by atoms with Crippen molar-refractivity contribution in [3.8, 4) is 0 Å². The van der Waals surface area contributed by atoms with E-state index >= 15 is 0 Å². The third-order valence-corrected chi connectivity index (χ3v) is 8.11. The number of ether oxygens (including phenoxy) is 3. The summed E-state index contributed by atoms with van der Waals surface area (Å²) in [5.41, 5.74) is 3.92. The van der Waals surface area contributed by atoms with Gasteiger partial charge in [0, 0.05) is 58.1 Å². The number of aliphatic hydroxyl groups is 1. The molecule has 4 atom stereocenters. The largest absolute Gasteiger partial charge is 0.392 e. The molecule has 0 aromatic heterocycles. The van der Waals surface area contributed by atoms with Crippen molar-refractivity contribution in [2.75, 3.05) is 33.4 Å². The van der Waals surface area contributed by atoms with Crippen molar-refractivity contribution in [2.24, 2.45) is 0 Å². The van der Waals surface area contributed by atoms with Crippen LogP contribution in [0.5, 0.6) is 0 Å². The van der Waals surface area contributed by atoms with Gasteiger partial charge in [-0.25, -0.2) is 0 Å². The van der Waals surface area contributed by atoms with Crippen LogP contribution in [0.25, 0.3) is 0 Å². The molecule has 0 bridgehead atoms. The molecule has 9 heteroatoms. The van der Waals surface area contributed by atoms with Crippen LogP contribution in [0.15, 0.2) is 48.5 Å². The highest BCUT2D eigenvalue weighted by atomic mass is 16.7. The number of benzene rings is 2. The molecule has 2 aliphatic heterocycles. The SMILES string of the molecule is COC[C@@H]1CCCN1C[C@H]1C[C@@H](c2ccc(CO)cc2)O[C@@H](c2ccc(CNC(=O)CCCCCNC(C)=O)cc2)O1. The van der Waals surface area contributed by atoms with Crippen molar-refractivity contribution < 1.29 is 28.9 Å². The normalized spacial score (nSPS) is 22.6. The van der Waals surface area contributed by atoms with Crippen LogP contribution in [-0.4, -0.2) is 67.3 Å². The standard InChI is InChI=1S/C33H47N3O6/c1-24(38)34-17-5-3-4-8-32(39)35-20-25-9-15-28(16-10-25)33-41-30(21-36-18-6-7-29(36)23-40-2)19-31(42-33)27-13-11-26(22-37)12-14-27/h9-16,29-31,33,37H,3-8,17-23H2,1-2H3,(H,34,38)(H,35,39)/t29-,30+,31-,33-/m0/s1. The smallest absolute Gasteiger partial charge is 0.220 e. The van der Waals surface area contributed by atoms with Gasteiger partial charge in [0.15, 0.2) is 6.29 Å². The molecule has 0 spiro atoms. The van der Waals surface area contributed by atoms with Crippen LogP contribution < -0.4 is 10.6 Å². The van der Waals surface area contributed by atoms with Gasteiger partial charge in [0.05, 0.1) is 25.4 Å². The first-order chi connectivity index (χ1) is 20.4. The maximum atomic E-state index is 12.3. The van der Waals surface area contributed by atoms with Crippen molar-refractivity contribution in [3.05, 3.63) is 70.8 Å². The lowest BCUT2D eigenvalue weighted by molar-refractivity contribution is -0.253. The lowest BCUT2D eigenvalue weighted by Crippen LogP contribution is -2.42. The summed E-state index contributed by atoms with van der Waals surface area (Å²) in [6, 6.07) is 16.4. The van der Waals surface area contributed by atoms with E-state index in [0.29, 0.717) is 25.6 Å². The van der Waals surface area contributed by atoms with E-state index in [4.69, 9.17) is 14.2 Å². The van der Waals surface area contributed by atoms with Gasteiger partial charge in [0.1, 0.15) is 0 Å². The number of rotatable bonds is 15. The second kappa shape index (κ2) is 16.7. The number of aliphatic hydroxyl groups excluding tert-OH is 1. The first-order valence-corrected chi connectivity index (χ1v) is 15.3. The van der Waals surface area contributed by atoms with Gasteiger partial charge in [-0.05, 0) is 48.9 Å². The van der Waals surface area contributed by atoms with Gasteiger partial charge in [0.2, 0.25) is 11.8 Å². The number of methoxy groups -OCH3 is 1. The van der Waals surface area contributed by atoms with Gasteiger partial charge < -0.3 is 30.0 Å². The molecule has 0 saturated carbocycles. The molecule has 4 rings (SSSR count). The lowest BCUT2D eigenvalue weighted by Gasteiger charge is -2.38. The Morgan fingerprint density at radius 2 is 1.71 bits per heavy atom. The van der Waals surface area contributed by atoms with Crippen LogP contribution >= 0.6 is 0 Å². The quantitative estimate of drug-likeness (QED) is 0.271. The number of carbonyl (C=O) groups is 2. The molecule has 2 fully saturated rings. The minimum atomic E-state index is -0.504. The Bertz CT molecular complexity index is 1110. The summed E-state index contributed by atoms with van der Waals surface area (Å²) in [5.74, 6) is 0.0100. The summed E-state index contributed by atoms with van der Waals surface area (Å²) in [6.45, 7) is 5.26. The van der Waals surface area contributed by atoms with Gasteiger partial charge >= 0.3 is 0 Å². The molecule has 2 amide bonds. The van der Waals surface area contributed by atoms with Crippen molar-refractivity contribution in [2.45, 2.75) is 89.6 Å². The average molecular weight is 582 g/mol. The molecule has 2 saturated heterocycles. The Kier molecular flexibility index (Phi) is 12.8. The highest BCUT2D eigenvalue weighted by Gasteiger charge is 2.35. The van der Waals surface area contributed by atoms with Crippen LogP contribution in [0.1, 0.15) is 86.5 Å². The fraction of sp³-hybridized carbons (Fsp3) is 0.576.